The molecule has 0 aliphatic heterocycles. The van der Waals surface area contributed by atoms with Crippen LogP contribution in [0.5, 0.6) is 0 Å². The van der Waals surface area contributed by atoms with Crippen LogP contribution in [-0.2, 0) is 0 Å². The number of rotatable bonds is 10. The molecule has 25 heavy (non-hydrogen) atoms. The average Bonchev–Trinajstić information content (AvgIpc) is 2.67. The van der Waals surface area contributed by atoms with E-state index >= 15 is 0 Å². The van der Waals surface area contributed by atoms with E-state index in [0.29, 0.717) is 5.92 Å². The molecule has 0 aromatic rings. The van der Waals surface area contributed by atoms with E-state index < -0.39 is 0 Å². The van der Waals surface area contributed by atoms with Crippen molar-refractivity contribution in [3.63, 3.8) is 0 Å². The van der Waals surface area contributed by atoms with E-state index in [9.17, 15) is 5.26 Å². The highest BCUT2D eigenvalue weighted by atomic mass is 14.5. The molecule has 2 fully saturated rings. The summed E-state index contributed by atoms with van der Waals surface area (Å²) < 4.78 is 0. The summed E-state index contributed by atoms with van der Waals surface area (Å²) in [5, 5.41) is 10.0. The van der Waals surface area contributed by atoms with E-state index in [-0.39, 0.29) is 5.41 Å². The summed E-state index contributed by atoms with van der Waals surface area (Å²) >= 11 is 0. The lowest BCUT2D eigenvalue weighted by molar-refractivity contribution is 0.0842. The number of nitrogens with zero attached hydrogens (tertiary/aromatic N) is 1. The third-order valence-electron chi connectivity index (χ3n) is 7.53. The first-order valence-corrected chi connectivity index (χ1v) is 11.6. The lowest BCUT2D eigenvalue weighted by atomic mass is 9.59. The summed E-state index contributed by atoms with van der Waals surface area (Å²) in [6.07, 6.45) is 23.2. The summed E-state index contributed by atoms with van der Waals surface area (Å²) in [6.45, 7) is 4.59. The molecule has 0 N–H and O–H groups in total. The van der Waals surface area contributed by atoms with Crippen molar-refractivity contribution in [2.24, 2.45) is 23.2 Å². The molecular formula is C24H43N. The van der Waals surface area contributed by atoms with Crippen LogP contribution in [0.2, 0.25) is 0 Å². The predicted molar refractivity (Wildman–Crippen MR) is 108 cm³/mol. The molecule has 2 aliphatic carbocycles. The summed E-state index contributed by atoms with van der Waals surface area (Å²) in [6, 6.07) is 2.85. The van der Waals surface area contributed by atoms with Crippen molar-refractivity contribution in [2.75, 3.05) is 0 Å². The first-order valence-electron chi connectivity index (χ1n) is 11.6. The molecular weight excluding hydrogens is 302 g/mol. The van der Waals surface area contributed by atoms with Gasteiger partial charge in [-0.3, -0.25) is 0 Å². The third-order valence-corrected chi connectivity index (χ3v) is 7.53. The minimum Gasteiger partial charge on any atom is -0.198 e. The Morgan fingerprint density at radius 1 is 0.720 bits per heavy atom. The monoisotopic (exact) mass is 345 g/mol. The van der Waals surface area contributed by atoms with Crippen LogP contribution >= 0.6 is 0 Å². The minimum absolute atomic E-state index is 0.0500. The van der Waals surface area contributed by atoms with Gasteiger partial charge in [0.2, 0.25) is 0 Å². The minimum atomic E-state index is 0.0500. The fourth-order valence-corrected chi connectivity index (χ4v) is 5.64. The van der Waals surface area contributed by atoms with E-state index in [2.05, 4.69) is 19.9 Å². The Balaban J connectivity index is 1.72. The molecule has 144 valence electrons. The summed E-state index contributed by atoms with van der Waals surface area (Å²) in [7, 11) is 0. The number of unbranched alkanes of at least 4 members (excludes halogenated alkanes) is 5. The maximum absolute atomic E-state index is 10.0. The Bertz CT molecular complexity index is 377. The standard InChI is InChI=1S/C24H43N/c1-3-5-7-9-11-21-12-14-23(15-13-21)24(20-25)18-16-22(17-19-24)10-8-6-4-2/h21-23H,3-19H2,1-2H3. The van der Waals surface area contributed by atoms with Crippen LogP contribution in [0.4, 0.5) is 0 Å². The number of nitriles is 1. The zero-order valence-corrected chi connectivity index (χ0v) is 17.2. The molecule has 0 atom stereocenters. The molecule has 0 heterocycles. The van der Waals surface area contributed by atoms with Gasteiger partial charge in [-0.05, 0) is 56.3 Å². The highest BCUT2D eigenvalue weighted by molar-refractivity contribution is 5.06. The van der Waals surface area contributed by atoms with E-state index in [1.807, 2.05) is 0 Å². The lowest BCUT2D eigenvalue weighted by Gasteiger charge is -2.43. The van der Waals surface area contributed by atoms with Gasteiger partial charge in [-0.25, -0.2) is 0 Å². The van der Waals surface area contributed by atoms with E-state index in [1.54, 1.807) is 0 Å². The van der Waals surface area contributed by atoms with Gasteiger partial charge in [-0.15, -0.1) is 0 Å². The van der Waals surface area contributed by atoms with Crippen LogP contribution < -0.4 is 0 Å². The van der Waals surface area contributed by atoms with Crippen molar-refractivity contribution in [1.29, 1.82) is 5.26 Å². The summed E-state index contributed by atoms with van der Waals surface area (Å²) in [5.74, 6) is 2.60. The molecule has 2 aliphatic rings. The maximum Gasteiger partial charge on any atom is 0.0692 e. The second-order valence-corrected chi connectivity index (χ2v) is 9.27. The van der Waals surface area contributed by atoms with Crippen LogP contribution in [0.1, 0.15) is 123 Å². The maximum atomic E-state index is 10.0. The molecule has 2 rings (SSSR count). The lowest BCUT2D eigenvalue weighted by Crippen LogP contribution is -2.36. The highest BCUT2D eigenvalue weighted by Gasteiger charge is 2.43. The van der Waals surface area contributed by atoms with E-state index in [1.165, 1.54) is 109 Å². The van der Waals surface area contributed by atoms with Crippen LogP contribution in [0.3, 0.4) is 0 Å². The van der Waals surface area contributed by atoms with Crippen molar-refractivity contribution in [3.8, 4) is 6.07 Å². The Hall–Kier alpha value is -0.510. The number of hydrogen-bond donors (Lipinski definition) is 0. The van der Waals surface area contributed by atoms with Gasteiger partial charge in [-0.2, -0.15) is 5.26 Å². The van der Waals surface area contributed by atoms with Crippen molar-refractivity contribution in [2.45, 2.75) is 123 Å². The van der Waals surface area contributed by atoms with Crippen LogP contribution in [-0.4, -0.2) is 0 Å². The van der Waals surface area contributed by atoms with E-state index in [4.69, 9.17) is 0 Å². The first-order chi connectivity index (χ1) is 12.2. The molecule has 0 unspecified atom stereocenters. The SMILES string of the molecule is CCCCCCC1CCC(C2(C#N)CCC(CCCCC)CC2)CC1. The molecule has 0 bridgehead atoms. The molecule has 0 aromatic heterocycles. The Labute approximate surface area is 158 Å². The molecule has 0 amide bonds. The molecule has 2 saturated carbocycles. The van der Waals surface area contributed by atoms with Crippen LogP contribution in [0.25, 0.3) is 0 Å². The van der Waals surface area contributed by atoms with Gasteiger partial charge in [0.1, 0.15) is 0 Å². The second kappa shape index (κ2) is 11.3. The fraction of sp³-hybridized carbons (Fsp3) is 0.958. The molecule has 1 heteroatoms. The van der Waals surface area contributed by atoms with Gasteiger partial charge in [0.05, 0.1) is 11.5 Å². The smallest absolute Gasteiger partial charge is 0.0692 e. The van der Waals surface area contributed by atoms with Crippen molar-refractivity contribution in [1.82, 2.24) is 0 Å². The van der Waals surface area contributed by atoms with Gasteiger partial charge in [-0.1, -0.05) is 84.5 Å². The summed E-state index contributed by atoms with van der Waals surface area (Å²) in [4.78, 5) is 0. The Morgan fingerprint density at radius 3 is 1.80 bits per heavy atom. The third kappa shape index (κ3) is 6.30. The molecule has 0 aromatic carbocycles. The van der Waals surface area contributed by atoms with Crippen LogP contribution in [0.15, 0.2) is 0 Å². The van der Waals surface area contributed by atoms with E-state index in [0.717, 1.165) is 11.8 Å². The Kier molecular flexibility index (Phi) is 9.36. The summed E-state index contributed by atoms with van der Waals surface area (Å²) in [5.41, 5.74) is 0.0500. The van der Waals surface area contributed by atoms with Gasteiger partial charge >= 0.3 is 0 Å². The zero-order chi connectivity index (χ0) is 18.0. The number of hydrogen-bond acceptors (Lipinski definition) is 1. The molecule has 1 nitrogen and oxygen atoms in total. The van der Waals surface area contributed by atoms with Crippen molar-refractivity contribution >= 4 is 0 Å². The quantitative estimate of drug-likeness (QED) is 0.367. The topological polar surface area (TPSA) is 23.8 Å². The molecule has 0 saturated heterocycles. The molecule has 0 radical (unpaired) electrons. The Morgan fingerprint density at radius 2 is 1.24 bits per heavy atom. The van der Waals surface area contributed by atoms with Crippen molar-refractivity contribution in [3.05, 3.63) is 0 Å². The van der Waals surface area contributed by atoms with Crippen molar-refractivity contribution < 1.29 is 0 Å². The highest BCUT2D eigenvalue weighted by Crippen LogP contribution is 2.51. The second-order valence-electron chi connectivity index (χ2n) is 9.27. The van der Waals surface area contributed by atoms with Gasteiger partial charge in [0.25, 0.3) is 0 Å². The van der Waals surface area contributed by atoms with Gasteiger partial charge in [0.15, 0.2) is 0 Å². The fourth-order valence-electron chi connectivity index (χ4n) is 5.64. The predicted octanol–water partition coefficient (Wildman–Crippen LogP) is 8.04. The van der Waals surface area contributed by atoms with Gasteiger partial charge < -0.3 is 0 Å². The van der Waals surface area contributed by atoms with Crippen LogP contribution in [0, 0.1) is 34.5 Å². The average molecular weight is 346 g/mol. The zero-order valence-electron chi connectivity index (χ0n) is 17.2. The first kappa shape index (κ1) is 20.8. The largest absolute Gasteiger partial charge is 0.198 e. The normalized spacial score (nSPS) is 33.1. The molecule has 0 spiro atoms. The van der Waals surface area contributed by atoms with Gasteiger partial charge in [0, 0.05) is 0 Å².